The van der Waals surface area contributed by atoms with E-state index in [1.54, 1.807) is 0 Å². The number of nitrogens with one attached hydrogen (secondary N) is 1. The number of aliphatic carboxylic acids is 1. The van der Waals surface area contributed by atoms with Gasteiger partial charge < -0.3 is 20.5 Å². The minimum atomic E-state index is -0.933. The highest BCUT2D eigenvalue weighted by Gasteiger charge is 2.44. The average molecular weight is 237 g/mol. The number of carboxylic acid groups (broad SMARTS) is 1. The van der Waals surface area contributed by atoms with Crippen molar-refractivity contribution < 1.29 is 14.8 Å². The number of carboxylic acids is 1. The lowest BCUT2D eigenvalue weighted by atomic mass is 9.76. The van der Waals surface area contributed by atoms with E-state index in [0.717, 1.165) is 6.42 Å². The molecule has 0 unspecified atom stereocenters. The highest BCUT2D eigenvalue weighted by atomic mass is 16.6. The van der Waals surface area contributed by atoms with Crippen LogP contribution in [0.4, 0.5) is 11.5 Å². The maximum Gasteiger partial charge on any atom is 0.363 e. The number of aromatic nitrogens is 1. The van der Waals surface area contributed by atoms with Gasteiger partial charge in [-0.1, -0.05) is 0 Å². The topological polar surface area (TPSA) is 105 Å². The zero-order valence-corrected chi connectivity index (χ0v) is 8.92. The average Bonchev–Trinajstić information content (AvgIpc) is 2.23. The Morgan fingerprint density at radius 1 is 1.53 bits per heavy atom. The molecule has 0 atom stereocenters. The summed E-state index contributed by atoms with van der Waals surface area (Å²) in [6.07, 6.45) is 3.25. The highest BCUT2D eigenvalue weighted by Crippen LogP contribution is 2.35. The van der Waals surface area contributed by atoms with Gasteiger partial charge in [-0.25, -0.2) is 4.79 Å². The number of anilines is 1. The lowest BCUT2D eigenvalue weighted by Gasteiger charge is -2.38. The van der Waals surface area contributed by atoms with Crippen LogP contribution in [0.15, 0.2) is 18.3 Å². The van der Waals surface area contributed by atoms with Gasteiger partial charge in [-0.05, 0) is 35.2 Å². The molecule has 0 aromatic carbocycles. The van der Waals surface area contributed by atoms with E-state index in [1.165, 1.54) is 18.3 Å². The van der Waals surface area contributed by atoms with E-state index in [4.69, 9.17) is 5.11 Å². The first-order valence-electron chi connectivity index (χ1n) is 5.15. The van der Waals surface area contributed by atoms with Crippen LogP contribution >= 0.6 is 0 Å². The van der Waals surface area contributed by atoms with E-state index >= 15 is 0 Å². The van der Waals surface area contributed by atoms with Crippen LogP contribution in [0.2, 0.25) is 0 Å². The van der Waals surface area contributed by atoms with Gasteiger partial charge in [-0.2, -0.15) is 0 Å². The Kier molecular flexibility index (Phi) is 2.66. The van der Waals surface area contributed by atoms with Gasteiger partial charge >= 0.3 is 11.8 Å². The van der Waals surface area contributed by atoms with Crippen molar-refractivity contribution >= 4 is 17.5 Å². The van der Waals surface area contributed by atoms with Gasteiger partial charge in [0.1, 0.15) is 5.54 Å². The number of carbonyl (C=O) groups is 1. The molecular weight excluding hydrogens is 226 g/mol. The second kappa shape index (κ2) is 4.00. The summed E-state index contributed by atoms with van der Waals surface area (Å²) in [5, 5.41) is 22.4. The Labute approximate surface area is 96.6 Å². The second-order valence-corrected chi connectivity index (χ2v) is 4.03. The van der Waals surface area contributed by atoms with Crippen molar-refractivity contribution in [3.8, 4) is 0 Å². The van der Waals surface area contributed by atoms with Crippen molar-refractivity contribution in [2.45, 2.75) is 24.8 Å². The summed E-state index contributed by atoms with van der Waals surface area (Å²) in [5.74, 6) is -1.16. The summed E-state index contributed by atoms with van der Waals surface area (Å²) >= 11 is 0. The van der Waals surface area contributed by atoms with Crippen molar-refractivity contribution in [1.82, 2.24) is 4.98 Å². The van der Waals surface area contributed by atoms with E-state index in [-0.39, 0.29) is 5.82 Å². The van der Waals surface area contributed by atoms with E-state index in [2.05, 4.69) is 10.3 Å². The Hall–Kier alpha value is -2.18. The predicted molar refractivity (Wildman–Crippen MR) is 58.7 cm³/mol. The molecule has 7 nitrogen and oxygen atoms in total. The molecule has 0 radical (unpaired) electrons. The molecular formula is C10H11N3O4. The predicted octanol–water partition coefficient (Wildman–Crippen LogP) is 1.41. The van der Waals surface area contributed by atoms with Gasteiger partial charge in [0.05, 0.1) is 5.69 Å². The lowest BCUT2D eigenvalue weighted by Crippen LogP contribution is -2.52. The molecule has 1 heterocycles. The third-order valence-electron chi connectivity index (χ3n) is 2.94. The van der Waals surface area contributed by atoms with Gasteiger partial charge in [0, 0.05) is 6.07 Å². The Balaban J connectivity index is 2.13. The van der Waals surface area contributed by atoms with Gasteiger partial charge in [0.15, 0.2) is 6.20 Å². The van der Waals surface area contributed by atoms with E-state index < -0.39 is 16.4 Å². The number of rotatable bonds is 4. The van der Waals surface area contributed by atoms with Crippen LogP contribution in [0.25, 0.3) is 0 Å². The SMILES string of the molecule is O=C(O)C1(Nc2ccc([N+](=O)[O-])nc2)CCC1. The molecule has 1 fully saturated rings. The maximum atomic E-state index is 11.1. The molecule has 1 saturated carbocycles. The highest BCUT2D eigenvalue weighted by molar-refractivity contribution is 5.83. The monoisotopic (exact) mass is 237 g/mol. The van der Waals surface area contributed by atoms with Gasteiger partial charge in [0.25, 0.3) is 0 Å². The summed E-state index contributed by atoms with van der Waals surface area (Å²) < 4.78 is 0. The zero-order chi connectivity index (χ0) is 12.5. The third kappa shape index (κ3) is 2.03. The number of nitro groups is 1. The fourth-order valence-electron chi connectivity index (χ4n) is 1.77. The van der Waals surface area contributed by atoms with Crippen LogP contribution < -0.4 is 5.32 Å². The number of hydrogen-bond donors (Lipinski definition) is 2. The van der Waals surface area contributed by atoms with Crippen LogP contribution in [0.5, 0.6) is 0 Å². The van der Waals surface area contributed by atoms with Crippen LogP contribution in [0.1, 0.15) is 19.3 Å². The molecule has 1 aromatic heterocycles. The molecule has 0 aliphatic heterocycles. The van der Waals surface area contributed by atoms with Crippen molar-refractivity contribution in [1.29, 1.82) is 0 Å². The Bertz CT molecular complexity index is 453. The minimum Gasteiger partial charge on any atom is -0.480 e. The summed E-state index contributed by atoms with van der Waals surface area (Å²) in [6.45, 7) is 0. The lowest BCUT2D eigenvalue weighted by molar-refractivity contribution is -0.389. The molecule has 1 aromatic rings. The maximum absolute atomic E-state index is 11.1. The summed E-state index contributed by atoms with van der Waals surface area (Å²) in [5.41, 5.74) is -0.449. The number of hydrogen-bond acceptors (Lipinski definition) is 5. The van der Waals surface area contributed by atoms with Crippen molar-refractivity contribution in [3.63, 3.8) is 0 Å². The third-order valence-corrected chi connectivity index (χ3v) is 2.94. The molecule has 2 N–H and O–H groups in total. The van der Waals surface area contributed by atoms with E-state index in [9.17, 15) is 14.9 Å². The second-order valence-electron chi connectivity index (χ2n) is 4.03. The van der Waals surface area contributed by atoms with Gasteiger partial charge in [-0.15, -0.1) is 0 Å². The molecule has 90 valence electrons. The fourth-order valence-corrected chi connectivity index (χ4v) is 1.77. The first-order chi connectivity index (χ1) is 8.03. The molecule has 7 heteroatoms. The standard InChI is InChI=1S/C10H11N3O4/c14-9(15)10(4-1-5-10)12-7-2-3-8(11-6-7)13(16)17/h2-3,6,12H,1,4-5H2,(H,14,15). The minimum absolute atomic E-state index is 0.256. The largest absolute Gasteiger partial charge is 0.480 e. The van der Waals surface area contributed by atoms with Crippen molar-refractivity contribution in [2.24, 2.45) is 0 Å². The first-order valence-corrected chi connectivity index (χ1v) is 5.15. The molecule has 17 heavy (non-hydrogen) atoms. The molecule has 0 spiro atoms. The fraction of sp³-hybridized carbons (Fsp3) is 0.400. The smallest absolute Gasteiger partial charge is 0.363 e. The van der Waals surface area contributed by atoms with Crippen LogP contribution in [-0.4, -0.2) is 26.5 Å². The molecule has 0 saturated heterocycles. The summed E-state index contributed by atoms with van der Waals surface area (Å²) in [6, 6.07) is 2.71. The number of pyridine rings is 1. The zero-order valence-electron chi connectivity index (χ0n) is 8.92. The Morgan fingerprint density at radius 3 is 2.59 bits per heavy atom. The van der Waals surface area contributed by atoms with Gasteiger partial charge in [-0.3, -0.25) is 0 Å². The summed E-state index contributed by atoms with van der Waals surface area (Å²) in [7, 11) is 0. The van der Waals surface area contributed by atoms with Crippen LogP contribution in [-0.2, 0) is 4.79 Å². The molecule has 1 aliphatic rings. The quantitative estimate of drug-likeness (QED) is 0.605. The molecule has 1 aliphatic carbocycles. The number of nitrogens with zero attached hydrogens (tertiary/aromatic N) is 2. The normalized spacial score (nSPS) is 16.9. The van der Waals surface area contributed by atoms with Crippen LogP contribution in [0, 0.1) is 10.1 Å². The molecule has 2 rings (SSSR count). The van der Waals surface area contributed by atoms with Crippen molar-refractivity contribution in [2.75, 3.05) is 5.32 Å². The molecule has 0 amide bonds. The molecule has 0 bridgehead atoms. The van der Waals surface area contributed by atoms with E-state index in [0.29, 0.717) is 18.5 Å². The van der Waals surface area contributed by atoms with Gasteiger partial charge in [0.2, 0.25) is 0 Å². The Morgan fingerprint density at radius 2 is 2.24 bits per heavy atom. The first kappa shape index (κ1) is 11.3. The van der Waals surface area contributed by atoms with Crippen LogP contribution in [0.3, 0.4) is 0 Å². The van der Waals surface area contributed by atoms with Crippen molar-refractivity contribution in [3.05, 3.63) is 28.4 Å². The van der Waals surface area contributed by atoms with E-state index in [1.807, 2.05) is 0 Å². The summed E-state index contributed by atoms with van der Waals surface area (Å²) in [4.78, 5) is 24.5.